The Morgan fingerprint density at radius 1 is 1.07 bits per heavy atom. The van der Waals surface area contributed by atoms with Crippen LogP contribution in [0.2, 0.25) is 5.02 Å². The van der Waals surface area contributed by atoms with Gasteiger partial charge in [-0.2, -0.15) is 0 Å². The molecule has 0 saturated carbocycles. The summed E-state index contributed by atoms with van der Waals surface area (Å²) in [6.45, 7) is 2.53. The molecule has 0 aliphatic rings. The van der Waals surface area contributed by atoms with Crippen LogP contribution in [0.25, 0.3) is 22.0 Å². The number of nitrogens with zero attached hydrogens (tertiary/aromatic N) is 1. The Kier molecular flexibility index (Phi) is 5.00. The number of fused-ring (bicyclic) bond motifs is 1. The van der Waals surface area contributed by atoms with Gasteiger partial charge in [0.05, 0.1) is 17.5 Å². The molecule has 5 nitrogen and oxygen atoms in total. The summed E-state index contributed by atoms with van der Waals surface area (Å²) in [6, 6.07) is 16.5. The normalized spacial score (nSPS) is 10.8. The quantitative estimate of drug-likeness (QED) is 0.479. The van der Waals surface area contributed by atoms with Crippen molar-refractivity contribution in [3.8, 4) is 16.9 Å². The second kappa shape index (κ2) is 7.74. The standard InChI is InChI=1S/C22H18ClN3O2/c1-2-28-17-9-3-14(4-10-17)18-13-25-19-11-12-24-22(20(19)21(18)27)26-16-7-5-15(23)6-8-16/h3-13H,2H2,1H3,(H,24,26)(H,25,27). The van der Waals surface area contributed by atoms with E-state index in [1.165, 1.54) is 0 Å². The van der Waals surface area contributed by atoms with Crippen LogP contribution in [0.1, 0.15) is 6.92 Å². The average Bonchev–Trinajstić information content (AvgIpc) is 2.71. The Labute approximate surface area is 167 Å². The Morgan fingerprint density at radius 2 is 1.82 bits per heavy atom. The van der Waals surface area contributed by atoms with Crippen molar-refractivity contribution in [2.75, 3.05) is 11.9 Å². The highest BCUT2D eigenvalue weighted by molar-refractivity contribution is 6.30. The smallest absolute Gasteiger partial charge is 0.200 e. The number of rotatable bonds is 5. The van der Waals surface area contributed by atoms with Crippen LogP contribution in [0.15, 0.2) is 71.8 Å². The lowest BCUT2D eigenvalue weighted by Crippen LogP contribution is -2.09. The van der Waals surface area contributed by atoms with Gasteiger partial charge in [-0.3, -0.25) is 4.79 Å². The molecule has 2 N–H and O–H groups in total. The molecular formula is C22H18ClN3O2. The molecule has 0 amide bonds. The number of anilines is 2. The Balaban J connectivity index is 1.79. The van der Waals surface area contributed by atoms with E-state index in [0.29, 0.717) is 33.9 Å². The van der Waals surface area contributed by atoms with E-state index < -0.39 is 0 Å². The van der Waals surface area contributed by atoms with Gasteiger partial charge in [-0.25, -0.2) is 4.98 Å². The number of hydrogen-bond acceptors (Lipinski definition) is 4. The third-order valence-corrected chi connectivity index (χ3v) is 4.63. The highest BCUT2D eigenvalue weighted by Crippen LogP contribution is 2.25. The third-order valence-electron chi connectivity index (χ3n) is 4.38. The van der Waals surface area contributed by atoms with Gasteiger partial charge in [-0.05, 0) is 55.0 Å². The van der Waals surface area contributed by atoms with Crippen LogP contribution in [0.3, 0.4) is 0 Å². The summed E-state index contributed by atoms with van der Waals surface area (Å²) in [5.74, 6) is 1.27. The Morgan fingerprint density at radius 3 is 2.54 bits per heavy atom. The zero-order valence-electron chi connectivity index (χ0n) is 15.2. The molecule has 0 unspecified atom stereocenters. The van der Waals surface area contributed by atoms with Gasteiger partial charge in [0, 0.05) is 28.7 Å². The van der Waals surface area contributed by atoms with Crippen LogP contribution in [-0.4, -0.2) is 16.6 Å². The van der Waals surface area contributed by atoms with Crippen LogP contribution in [0, 0.1) is 0 Å². The molecule has 0 spiro atoms. The maximum atomic E-state index is 13.3. The summed E-state index contributed by atoms with van der Waals surface area (Å²) in [7, 11) is 0. The summed E-state index contributed by atoms with van der Waals surface area (Å²) in [6.07, 6.45) is 3.39. The van der Waals surface area contributed by atoms with E-state index in [9.17, 15) is 4.79 Å². The maximum Gasteiger partial charge on any atom is 0.200 e. The molecule has 140 valence electrons. The lowest BCUT2D eigenvalue weighted by molar-refractivity contribution is 0.340. The molecule has 2 aromatic carbocycles. The van der Waals surface area contributed by atoms with E-state index in [1.807, 2.05) is 43.3 Å². The lowest BCUT2D eigenvalue weighted by Gasteiger charge is -2.10. The van der Waals surface area contributed by atoms with Crippen molar-refractivity contribution in [2.24, 2.45) is 0 Å². The monoisotopic (exact) mass is 391 g/mol. The summed E-state index contributed by atoms with van der Waals surface area (Å²) in [5, 5.41) is 4.36. The molecule has 4 aromatic rings. The second-order valence-electron chi connectivity index (χ2n) is 6.20. The van der Waals surface area contributed by atoms with Crippen molar-refractivity contribution in [3.63, 3.8) is 0 Å². The number of nitrogens with one attached hydrogen (secondary N) is 2. The summed E-state index contributed by atoms with van der Waals surface area (Å²) in [4.78, 5) is 20.8. The van der Waals surface area contributed by atoms with E-state index in [4.69, 9.17) is 16.3 Å². The molecule has 28 heavy (non-hydrogen) atoms. The number of aromatic nitrogens is 2. The van der Waals surface area contributed by atoms with Gasteiger partial charge in [0.15, 0.2) is 0 Å². The summed E-state index contributed by atoms with van der Waals surface area (Å²) < 4.78 is 5.48. The second-order valence-corrected chi connectivity index (χ2v) is 6.64. The predicted molar refractivity (Wildman–Crippen MR) is 114 cm³/mol. The lowest BCUT2D eigenvalue weighted by atomic mass is 10.0. The van der Waals surface area contributed by atoms with Gasteiger partial charge in [0.25, 0.3) is 0 Å². The largest absolute Gasteiger partial charge is 0.494 e. The molecule has 0 fully saturated rings. The molecule has 0 bridgehead atoms. The van der Waals surface area contributed by atoms with Crippen molar-refractivity contribution < 1.29 is 4.74 Å². The van der Waals surface area contributed by atoms with E-state index in [1.54, 1.807) is 30.6 Å². The summed E-state index contributed by atoms with van der Waals surface area (Å²) in [5.41, 5.74) is 2.81. The Hall–Kier alpha value is -3.31. The fourth-order valence-electron chi connectivity index (χ4n) is 3.04. The molecule has 6 heteroatoms. The molecule has 2 heterocycles. The molecule has 2 aromatic heterocycles. The molecule has 0 atom stereocenters. The van der Waals surface area contributed by atoms with Crippen LogP contribution >= 0.6 is 11.6 Å². The van der Waals surface area contributed by atoms with Crippen molar-refractivity contribution in [2.45, 2.75) is 6.92 Å². The first-order valence-electron chi connectivity index (χ1n) is 8.92. The summed E-state index contributed by atoms with van der Waals surface area (Å²) >= 11 is 5.95. The first-order valence-corrected chi connectivity index (χ1v) is 9.29. The van der Waals surface area contributed by atoms with Crippen molar-refractivity contribution in [3.05, 3.63) is 82.2 Å². The highest BCUT2D eigenvalue weighted by atomic mass is 35.5. The molecule has 0 saturated heterocycles. The van der Waals surface area contributed by atoms with Gasteiger partial charge in [-0.15, -0.1) is 0 Å². The first kappa shape index (κ1) is 18.1. The van der Waals surface area contributed by atoms with Crippen molar-refractivity contribution in [1.82, 2.24) is 9.97 Å². The topological polar surface area (TPSA) is 67.0 Å². The number of pyridine rings is 2. The number of H-pyrrole nitrogens is 1. The van der Waals surface area contributed by atoms with Crippen LogP contribution in [0.5, 0.6) is 5.75 Å². The van der Waals surface area contributed by atoms with Gasteiger partial charge in [0.2, 0.25) is 5.43 Å². The number of aromatic amines is 1. The average molecular weight is 392 g/mol. The molecular weight excluding hydrogens is 374 g/mol. The molecule has 0 aliphatic carbocycles. The number of ether oxygens (including phenoxy) is 1. The minimum Gasteiger partial charge on any atom is -0.494 e. The first-order chi connectivity index (χ1) is 13.7. The van der Waals surface area contributed by atoms with Gasteiger partial charge in [-0.1, -0.05) is 23.7 Å². The Bertz CT molecular complexity index is 1170. The van der Waals surface area contributed by atoms with Crippen molar-refractivity contribution in [1.29, 1.82) is 0 Å². The zero-order chi connectivity index (χ0) is 19.5. The van der Waals surface area contributed by atoms with Crippen LogP contribution in [0.4, 0.5) is 11.5 Å². The number of benzene rings is 2. The van der Waals surface area contributed by atoms with E-state index in [2.05, 4.69) is 15.3 Å². The highest BCUT2D eigenvalue weighted by Gasteiger charge is 2.12. The van der Waals surface area contributed by atoms with Crippen molar-refractivity contribution >= 4 is 34.0 Å². The minimum absolute atomic E-state index is 0.0949. The minimum atomic E-state index is -0.0949. The molecule has 0 radical (unpaired) electrons. The van der Waals surface area contributed by atoms with Gasteiger partial charge in [0.1, 0.15) is 11.6 Å². The number of hydrogen-bond donors (Lipinski definition) is 2. The number of halogens is 1. The SMILES string of the molecule is CCOc1ccc(-c2c[nH]c3ccnc(Nc4ccc(Cl)cc4)c3c2=O)cc1. The maximum absolute atomic E-state index is 13.3. The zero-order valence-corrected chi connectivity index (χ0v) is 16.0. The van der Waals surface area contributed by atoms with Crippen LogP contribution in [-0.2, 0) is 0 Å². The molecule has 0 aliphatic heterocycles. The van der Waals surface area contributed by atoms with Gasteiger partial charge < -0.3 is 15.0 Å². The fraction of sp³-hybridized carbons (Fsp3) is 0.0909. The molecule has 4 rings (SSSR count). The van der Waals surface area contributed by atoms with E-state index in [0.717, 1.165) is 17.0 Å². The fourth-order valence-corrected chi connectivity index (χ4v) is 3.16. The third kappa shape index (κ3) is 3.57. The van der Waals surface area contributed by atoms with Gasteiger partial charge >= 0.3 is 0 Å². The van der Waals surface area contributed by atoms with Crippen LogP contribution < -0.4 is 15.5 Å². The van der Waals surface area contributed by atoms with E-state index >= 15 is 0 Å². The predicted octanol–water partition coefficient (Wildman–Crippen LogP) is 5.39. The van der Waals surface area contributed by atoms with E-state index in [-0.39, 0.29) is 5.43 Å².